The van der Waals surface area contributed by atoms with Crippen LogP contribution >= 0.6 is 27.7 Å². The average Bonchev–Trinajstić information content (AvgIpc) is 2.40. The van der Waals surface area contributed by atoms with E-state index in [2.05, 4.69) is 77.6 Å². The first-order valence-corrected chi connectivity index (χ1v) is 8.06. The lowest BCUT2D eigenvalue weighted by molar-refractivity contribution is 0.598. The molecule has 1 unspecified atom stereocenters. The van der Waals surface area contributed by atoms with E-state index in [4.69, 9.17) is 0 Å². The highest BCUT2D eigenvalue weighted by molar-refractivity contribution is 9.10. The van der Waals surface area contributed by atoms with Gasteiger partial charge in [-0.15, -0.1) is 0 Å². The minimum Gasteiger partial charge on any atom is -0.310 e. The molecule has 0 saturated carbocycles. The molecule has 0 bridgehead atoms. The van der Waals surface area contributed by atoms with Gasteiger partial charge in [-0.1, -0.05) is 52.8 Å². The highest BCUT2D eigenvalue weighted by Crippen LogP contribution is 2.30. The first-order valence-electron chi connectivity index (χ1n) is 6.46. The number of hydrogen-bond acceptors (Lipinski definition) is 2. The van der Waals surface area contributed by atoms with E-state index >= 15 is 0 Å². The van der Waals surface area contributed by atoms with Crippen molar-refractivity contribution in [2.45, 2.75) is 29.7 Å². The van der Waals surface area contributed by atoms with Crippen molar-refractivity contribution in [1.29, 1.82) is 0 Å². The molecule has 2 aromatic rings. The maximum absolute atomic E-state index is 3.50. The monoisotopic (exact) mass is 335 g/mol. The Morgan fingerprint density at radius 1 is 1.11 bits per heavy atom. The van der Waals surface area contributed by atoms with Crippen LogP contribution in [0.25, 0.3) is 0 Å². The molecular weight excluding hydrogens is 318 g/mol. The molecule has 0 saturated heterocycles. The molecule has 0 radical (unpaired) electrons. The van der Waals surface area contributed by atoms with Gasteiger partial charge in [-0.2, -0.15) is 0 Å². The summed E-state index contributed by atoms with van der Waals surface area (Å²) in [5, 5.41) is 3.43. The molecule has 0 amide bonds. The Hall–Kier alpha value is -0.770. The summed E-state index contributed by atoms with van der Waals surface area (Å²) in [6.45, 7) is 5.32. The molecule has 1 N–H and O–H groups in total. The summed E-state index contributed by atoms with van der Waals surface area (Å²) in [4.78, 5) is 2.52. The fourth-order valence-corrected chi connectivity index (χ4v) is 3.34. The van der Waals surface area contributed by atoms with Crippen molar-refractivity contribution >= 4 is 27.7 Å². The van der Waals surface area contributed by atoms with E-state index in [1.54, 1.807) is 11.8 Å². The van der Waals surface area contributed by atoms with Crippen LogP contribution < -0.4 is 5.32 Å². The number of hydrogen-bond donors (Lipinski definition) is 1. The van der Waals surface area contributed by atoms with Gasteiger partial charge in [-0.05, 0) is 49.4 Å². The van der Waals surface area contributed by atoms with Gasteiger partial charge in [0.2, 0.25) is 0 Å². The third-order valence-corrected chi connectivity index (χ3v) is 4.41. The SMILES string of the molecule is CCNC(C)c1ccc(Sc2cccc(Br)c2)cc1. The summed E-state index contributed by atoms with van der Waals surface area (Å²) in [5.41, 5.74) is 1.33. The van der Waals surface area contributed by atoms with Crippen molar-refractivity contribution in [2.24, 2.45) is 0 Å². The molecule has 0 aliphatic rings. The van der Waals surface area contributed by atoms with Crippen molar-refractivity contribution in [3.8, 4) is 0 Å². The molecule has 19 heavy (non-hydrogen) atoms. The Labute approximate surface area is 127 Å². The Morgan fingerprint density at radius 3 is 2.47 bits per heavy atom. The maximum Gasteiger partial charge on any atom is 0.0291 e. The summed E-state index contributed by atoms with van der Waals surface area (Å²) < 4.78 is 1.12. The summed E-state index contributed by atoms with van der Waals surface area (Å²) in [6.07, 6.45) is 0. The maximum atomic E-state index is 3.50. The van der Waals surface area contributed by atoms with Crippen molar-refractivity contribution in [1.82, 2.24) is 5.32 Å². The van der Waals surface area contributed by atoms with Gasteiger partial charge in [0.25, 0.3) is 0 Å². The van der Waals surface area contributed by atoms with E-state index in [-0.39, 0.29) is 0 Å². The van der Waals surface area contributed by atoms with Crippen LogP contribution in [0.4, 0.5) is 0 Å². The molecule has 1 nitrogen and oxygen atoms in total. The zero-order valence-electron chi connectivity index (χ0n) is 11.2. The zero-order chi connectivity index (χ0) is 13.7. The topological polar surface area (TPSA) is 12.0 Å². The van der Waals surface area contributed by atoms with E-state index in [0.717, 1.165) is 11.0 Å². The number of benzene rings is 2. The van der Waals surface area contributed by atoms with Crippen molar-refractivity contribution in [2.75, 3.05) is 6.54 Å². The van der Waals surface area contributed by atoms with Crippen LogP contribution in [0.5, 0.6) is 0 Å². The van der Waals surface area contributed by atoms with Crippen LogP contribution in [0, 0.1) is 0 Å². The summed E-state index contributed by atoms with van der Waals surface area (Å²) in [7, 11) is 0. The van der Waals surface area contributed by atoms with Gasteiger partial charge in [-0.25, -0.2) is 0 Å². The molecule has 0 heterocycles. The third kappa shape index (κ3) is 4.37. The Kier molecular flexibility index (Phi) is 5.49. The van der Waals surface area contributed by atoms with Crippen LogP contribution in [0.3, 0.4) is 0 Å². The standard InChI is InChI=1S/C16H18BrNS/c1-3-18-12(2)13-7-9-15(10-8-13)19-16-6-4-5-14(17)11-16/h4-12,18H,3H2,1-2H3. The van der Waals surface area contributed by atoms with Gasteiger partial charge in [-0.3, -0.25) is 0 Å². The van der Waals surface area contributed by atoms with E-state index in [9.17, 15) is 0 Å². The molecule has 0 aliphatic heterocycles. The molecule has 2 aromatic carbocycles. The highest BCUT2D eigenvalue weighted by atomic mass is 79.9. The van der Waals surface area contributed by atoms with Crippen LogP contribution in [0.2, 0.25) is 0 Å². The molecule has 0 fully saturated rings. The van der Waals surface area contributed by atoms with E-state index in [1.165, 1.54) is 15.4 Å². The summed E-state index contributed by atoms with van der Waals surface area (Å²) >= 11 is 5.29. The van der Waals surface area contributed by atoms with Crippen LogP contribution in [-0.4, -0.2) is 6.54 Å². The largest absolute Gasteiger partial charge is 0.310 e. The molecule has 1 atom stereocenters. The molecule has 0 aromatic heterocycles. The lowest BCUT2D eigenvalue weighted by atomic mass is 10.1. The van der Waals surface area contributed by atoms with Crippen molar-refractivity contribution in [3.63, 3.8) is 0 Å². The van der Waals surface area contributed by atoms with E-state index in [1.807, 2.05) is 6.07 Å². The zero-order valence-corrected chi connectivity index (χ0v) is 13.6. The third-order valence-electron chi connectivity index (χ3n) is 2.92. The number of nitrogens with one attached hydrogen (secondary N) is 1. The first kappa shape index (κ1) is 14.6. The van der Waals surface area contributed by atoms with E-state index < -0.39 is 0 Å². The normalized spacial score (nSPS) is 12.4. The molecule has 0 aliphatic carbocycles. The Morgan fingerprint density at radius 2 is 1.84 bits per heavy atom. The van der Waals surface area contributed by atoms with Crippen LogP contribution in [0.1, 0.15) is 25.5 Å². The Bertz CT molecular complexity index is 525. The van der Waals surface area contributed by atoms with Crippen molar-refractivity contribution in [3.05, 3.63) is 58.6 Å². The minimum atomic E-state index is 0.412. The fourth-order valence-electron chi connectivity index (χ4n) is 1.92. The fraction of sp³-hybridized carbons (Fsp3) is 0.250. The van der Waals surface area contributed by atoms with E-state index in [0.29, 0.717) is 6.04 Å². The van der Waals surface area contributed by atoms with Gasteiger partial charge in [0.05, 0.1) is 0 Å². The number of rotatable bonds is 5. The molecule has 2 rings (SSSR count). The van der Waals surface area contributed by atoms with Gasteiger partial charge in [0.15, 0.2) is 0 Å². The van der Waals surface area contributed by atoms with Crippen molar-refractivity contribution < 1.29 is 0 Å². The quantitative estimate of drug-likeness (QED) is 0.798. The predicted octanol–water partition coefficient (Wildman–Crippen LogP) is 5.27. The molecule has 3 heteroatoms. The predicted molar refractivity (Wildman–Crippen MR) is 86.8 cm³/mol. The lowest BCUT2D eigenvalue weighted by Gasteiger charge is -2.13. The second-order valence-corrected chi connectivity index (χ2v) is 6.47. The molecule has 100 valence electrons. The summed E-state index contributed by atoms with van der Waals surface area (Å²) in [5.74, 6) is 0. The smallest absolute Gasteiger partial charge is 0.0291 e. The summed E-state index contributed by atoms with van der Waals surface area (Å²) in [6, 6.07) is 17.6. The van der Waals surface area contributed by atoms with Crippen LogP contribution in [-0.2, 0) is 0 Å². The Balaban J connectivity index is 2.06. The van der Waals surface area contributed by atoms with Gasteiger partial charge in [0.1, 0.15) is 0 Å². The van der Waals surface area contributed by atoms with Gasteiger partial charge >= 0.3 is 0 Å². The number of halogens is 1. The second kappa shape index (κ2) is 7.13. The second-order valence-electron chi connectivity index (χ2n) is 4.41. The van der Waals surface area contributed by atoms with Crippen LogP contribution in [0.15, 0.2) is 62.8 Å². The molecule has 0 spiro atoms. The van der Waals surface area contributed by atoms with Gasteiger partial charge < -0.3 is 5.32 Å². The lowest BCUT2D eigenvalue weighted by Crippen LogP contribution is -2.17. The first-order chi connectivity index (χ1) is 9.19. The minimum absolute atomic E-state index is 0.412. The van der Waals surface area contributed by atoms with Gasteiger partial charge in [0, 0.05) is 20.3 Å². The highest BCUT2D eigenvalue weighted by Gasteiger charge is 2.04. The average molecular weight is 336 g/mol. The molecular formula is C16H18BrNS.